The van der Waals surface area contributed by atoms with Crippen LogP contribution in [-0.4, -0.2) is 192 Å². The van der Waals surface area contributed by atoms with Crippen molar-refractivity contribution in [3.05, 3.63) is 154 Å². The van der Waals surface area contributed by atoms with Crippen molar-refractivity contribution < 1.29 is 52.1 Å². The van der Waals surface area contributed by atoms with Gasteiger partial charge in [0.05, 0.1) is 101 Å². The van der Waals surface area contributed by atoms with Crippen LogP contribution in [0.4, 0.5) is 37.7 Å². The number of pyridine rings is 7. The summed E-state index contributed by atoms with van der Waals surface area (Å²) in [4.78, 5) is 66.9. The molecule has 9 saturated heterocycles. The number of amides is 3. The lowest BCUT2D eigenvalue weighted by Crippen LogP contribution is -2.69. The molecule has 10 aromatic heterocycles. The maximum Gasteiger partial charge on any atom is 0.496 e. The van der Waals surface area contributed by atoms with E-state index in [2.05, 4.69) is 182 Å². The molecular weight excluding hydrogens is 1960 g/mol. The van der Waals surface area contributed by atoms with Gasteiger partial charge in [0.2, 0.25) is 0 Å². The maximum absolute atomic E-state index is 12.7. The van der Waals surface area contributed by atoms with Gasteiger partial charge in [-0.05, 0) is 355 Å². The summed E-state index contributed by atoms with van der Waals surface area (Å²) >= 11 is 6.86. The van der Waals surface area contributed by atoms with E-state index in [4.69, 9.17) is 63.7 Å². The summed E-state index contributed by atoms with van der Waals surface area (Å²) in [5, 5.41) is 50.6. The second-order valence-electron chi connectivity index (χ2n) is 45.8. The molecule has 16 bridgehead atoms. The average Bonchev–Trinajstić information content (AvgIpc) is 1.66. The molecule has 17 aliphatic rings. The number of anilines is 4. The van der Waals surface area contributed by atoms with Gasteiger partial charge in [-0.3, -0.25) is 0 Å². The van der Waals surface area contributed by atoms with E-state index in [1.165, 1.54) is 38.3 Å². The van der Waals surface area contributed by atoms with Gasteiger partial charge in [0.15, 0.2) is 0 Å². The Labute approximate surface area is 860 Å². The molecule has 0 aromatic carbocycles. The molecule has 5 N–H and O–H groups in total. The van der Waals surface area contributed by atoms with Gasteiger partial charge in [0.1, 0.15) is 75.5 Å². The third-order valence-electron chi connectivity index (χ3n) is 31.3. The smallest absolute Gasteiger partial charge is 0.492 e. The zero-order valence-corrected chi connectivity index (χ0v) is 88.7. The highest BCUT2D eigenvalue weighted by Crippen LogP contribution is 2.58. The number of nitrogens with zero attached hydrogens (tertiary/aromatic N) is 17. The number of aromatic nitrogens is 10. The number of hydrogen-bond donors (Lipinski definition) is 4. The van der Waals surface area contributed by atoms with Crippen LogP contribution in [0.3, 0.4) is 0 Å². The number of carbonyl (C=O) groups excluding carboxylic acids is 3. The van der Waals surface area contributed by atoms with Crippen molar-refractivity contribution in [3.8, 4) is 57.7 Å². The number of alkyl carbamates (subject to hydrolysis) is 3. The summed E-state index contributed by atoms with van der Waals surface area (Å²) < 4.78 is 52.8. The molecule has 8 saturated carbocycles. The van der Waals surface area contributed by atoms with Crippen molar-refractivity contribution in [2.24, 2.45) is 29.4 Å². The number of nitrogens with two attached hydrogens (primary N) is 1. The minimum atomic E-state index is -0.511. The number of piperidine rings is 8. The Bertz CT molecular complexity index is 6440. The molecular formula is C107H133BBr2ClN21O11. The van der Waals surface area contributed by atoms with Crippen LogP contribution in [0.5, 0.6) is 17.2 Å². The molecule has 3 amide bonds. The Morgan fingerprint density at radius 1 is 0.427 bits per heavy atom. The minimum absolute atomic E-state index is 0. The first kappa shape index (κ1) is 102. The van der Waals surface area contributed by atoms with Crippen molar-refractivity contribution >= 4 is 115 Å². The van der Waals surface area contributed by atoms with E-state index in [0.29, 0.717) is 108 Å². The molecule has 8 unspecified atom stereocenters. The number of nitriles is 3. The summed E-state index contributed by atoms with van der Waals surface area (Å²) in [5.74, 6) is 8.94. The molecule has 8 aliphatic carbocycles. The second kappa shape index (κ2) is 39.3. The fourth-order valence-corrected chi connectivity index (χ4v) is 27.2. The van der Waals surface area contributed by atoms with Crippen LogP contribution in [0, 0.1) is 57.7 Å². The SMILES string of the molecule is CC(C)(C)OC(=O)NC12CC3CC(C1)N(c1ccc(B4OC(C)(C)C(C)(C)O4)cn1)C(C3)C2.CC(C)(C)OC(=O)NC12CC3CC(C1)N(c1ccc(Br)cn1)C(C3)C2.CCOc1cc(-c2ccc(N3C4CC5CC3CC(N)(C5)C4)nc2)c2c(C#N)cnn2c1.CCOc1cc(-c2ccc(N3C4CC5CC3CC(NC(=O)OC(C)(C)C)(C5)C4)nc2)c2c(C#N)cnn2c1.CCOc1cc(Br)c2c(C#N)cnn2c1.Cl. The van der Waals surface area contributed by atoms with Gasteiger partial charge in [0.25, 0.3) is 0 Å². The predicted octanol–water partition coefficient (Wildman–Crippen LogP) is 19.4. The van der Waals surface area contributed by atoms with Crippen LogP contribution in [0.15, 0.2) is 138 Å². The molecule has 8 atom stereocenters. The quantitative estimate of drug-likeness (QED) is 0.0515. The summed E-state index contributed by atoms with van der Waals surface area (Å²) in [6, 6.07) is 32.4. The first-order valence-corrected chi connectivity index (χ1v) is 52.2. The second-order valence-corrected chi connectivity index (χ2v) is 47.6. The van der Waals surface area contributed by atoms with Crippen LogP contribution in [-0.2, 0) is 23.5 Å². The van der Waals surface area contributed by atoms with Gasteiger partial charge < -0.3 is 79.0 Å². The highest BCUT2D eigenvalue weighted by atomic mass is 79.9. The molecule has 0 spiro atoms. The topological polar surface area (TPSA) is 375 Å². The average molecular weight is 2100 g/mol. The van der Waals surface area contributed by atoms with Crippen LogP contribution < -0.4 is 61.0 Å². The standard InChI is InChI=1S/C29H34N6O3.C25H38BN3O4.C24H26N6O.C19H26BrN3O2.C10H8BrN3O.ClH/c1-5-37-23-10-24(26-20(14-30)16-32-34(26)17-23)19-6-7-25(31-15-19)35-21-8-18-9-22(35)13-29(11-18,12-21)33-27(36)38-28(2,3)4;1-22(2,3)31-21(30)28-25-12-16-10-18(13-25)29(19(11-16)14-25)20-9-8-17(15-27-20)26-32-23(4,5)24(6,7)33-26;1-2-31-20-7-21(23-17(11-25)13-28-29(23)14-20)16-3-4-22(27-12-16)30-18-5-15-6-19(30)10-24(26,8-15)9-18;1-18(2,3)25-17(24)22-19-8-12-6-14(9-19)23(15(7-12)10-19)16-5-4-13(20)11-21-16;1-2-15-8-3-9(11)10-7(4-12)5-13-14(10)6-8;/h6-7,10,15-18,21-22H,5,8-9,11-13H2,1-4H3,(H,33,36);8-9,15-16,18-19H,10-14H2,1-7H3,(H,28,30);3-4,7,12-15,18-19H,2,5-6,8-10,26H2,1H3;4-5,11-12,14-15H,6-10H2,1-3H3,(H,22,24);3,5-6H,2H2,1H3;1H. The van der Waals surface area contributed by atoms with E-state index in [-0.39, 0.29) is 64.0 Å². The van der Waals surface area contributed by atoms with Crippen LogP contribution in [0.25, 0.3) is 38.8 Å². The minimum Gasteiger partial charge on any atom is -0.492 e. The van der Waals surface area contributed by atoms with E-state index >= 15 is 0 Å². The lowest BCUT2D eigenvalue weighted by molar-refractivity contribution is 0.00578. The van der Waals surface area contributed by atoms with E-state index < -0.39 is 23.9 Å². The molecule has 32 nitrogen and oxygen atoms in total. The van der Waals surface area contributed by atoms with E-state index in [1.54, 1.807) is 38.3 Å². The van der Waals surface area contributed by atoms with Gasteiger partial charge >= 0.3 is 25.4 Å². The Balaban J connectivity index is 0.000000120. The van der Waals surface area contributed by atoms with E-state index in [0.717, 1.165) is 190 Å². The van der Waals surface area contributed by atoms with Gasteiger partial charge in [-0.15, -0.1) is 12.4 Å². The van der Waals surface area contributed by atoms with Crippen LogP contribution in [0.1, 0.15) is 256 Å². The lowest BCUT2D eigenvalue weighted by atomic mass is 9.59. The highest BCUT2D eigenvalue weighted by Gasteiger charge is 2.61. The molecule has 9 aliphatic heterocycles. The number of hydrogen-bond acceptors (Lipinski definition) is 26. The molecule has 143 heavy (non-hydrogen) atoms. The van der Waals surface area contributed by atoms with E-state index in [9.17, 15) is 24.9 Å². The Kier molecular flexibility index (Phi) is 28.0. The third-order valence-corrected chi connectivity index (χ3v) is 32.3. The summed E-state index contributed by atoms with van der Waals surface area (Å²) in [6.45, 7) is 32.9. The summed E-state index contributed by atoms with van der Waals surface area (Å²) in [5.41, 5.74) is 12.5. The van der Waals surface area contributed by atoms with Crippen LogP contribution in [0.2, 0.25) is 0 Å². The number of carbonyl (C=O) groups is 3. The monoisotopic (exact) mass is 2090 g/mol. The van der Waals surface area contributed by atoms with Gasteiger partial charge in [-0.25, -0.2) is 47.9 Å². The third kappa shape index (κ3) is 21.2. The number of halogens is 3. The van der Waals surface area contributed by atoms with Gasteiger partial charge in [-0.1, -0.05) is 6.07 Å². The fraction of sp³-hybridized carbons (Fsp3) is 0.561. The number of ether oxygens (including phenoxy) is 6. The maximum atomic E-state index is 12.7. The lowest BCUT2D eigenvalue weighted by Gasteiger charge is -2.61. The Morgan fingerprint density at radius 2 is 0.734 bits per heavy atom. The molecule has 17 fully saturated rings. The largest absolute Gasteiger partial charge is 0.496 e. The Morgan fingerprint density at radius 3 is 1.03 bits per heavy atom. The number of fused-ring (bicyclic) bond motifs is 3. The van der Waals surface area contributed by atoms with Crippen molar-refractivity contribution in [2.75, 3.05) is 39.4 Å². The fourth-order valence-electron chi connectivity index (χ4n) is 26.3. The number of nitrogens with one attached hydrogen (secondary N) is 3. The normalized spacial score (nSPS) is 27.9. The zero-order valence-electron chi connectivity index (χ0n) is 84.7. The van der Waals surface area contributed by atoms with Crippen LogP contribution >= 0.6 is 44.3 Å². The molecule has 0 radical (unpaired) electrons. The van der Waals surface area contributed by atoms with Gasteiger partial charge in [0, 0.05) is 132 Å². The van der Waals surface area contributed by atoms with Crippen molar-refractivity contribution in [1.82, 2.24) is 64.7 Å². The highest BCUT2D eigenvalue weighted by molar-refractivity contribution is 9.11. The molecule has 27 rings (SSSR count). The molecule has 10 aromatic rings. The van der Waals surface area contributed by atoms with Gasteiger partial charge in [-0.2, -0.15) is 31.1 Å². The summed E-state index contributed by atoms with van der Waals surface area (Å²) in [7, 11) is -0.397. The molecule has 756 valence electrons. The van der Waals surface area contributed by atoms with Crippen molar-refractivity contribution in [2.45, 2.75) is 338 Å². The predicted molar refractivity (Wildman–Crippen MR) is 556 cm³/mol. The molecule has 36 heteroatoms. The first-order chi connectivity index (χ1) is 67.5. The van der Waals surface area contributed by atoms with E-state index in [1.807, 2.05) is 132 Å². The zero-order chi connectivity index (χ0) is 100. The van der Waals surface area contributed by atoms with Crippen molar-refractivity contribution in [1.29, 1.82) is 15.8 Å². The first-order valence-electron chi connectivity index (χ1n) is 50.6. The Hall–Kier alpha value is -11.3. The summed E-state index contributed by atoms with van der Waals surface area (Å²) in [6.07, 6.45) is 38.4. The number of rotatable bonds is 16. The molecule has 19 heterocycles. The van der Waals surface area contributed by atoms with Crippen molar-refractivity contribution in [3.63, 3.8) is 0 Å².